The van der Waals surface area contributed by atoms with Crippen molar-refractivity contribution in [2.45, 2.75) is 30.4 Å². The summed E-state index contributed by atoms with van der Waals surface area (Å²) in [6.07, 6.45) is 13.5. The molecule has 2 aliphatic carbocycles. The van der Waals surface area contributed by atoms with Crippen LogP contribution in [-0.4, -0.2) is 31.4 Å². The Morgan fingerprint density at radius 1 is 1.00 bits per heavy atom. The molecule has 2 N–H and O–H groups in total. The monoisotopic (exact) mass is 406 g/mol. The highest BCUT2D eigenvalue weighted by Crippen LogP contribution is 2.67. The molecule has 0 aromatic heterocycles. The van der Waals surface area contributed by atoms with Gasteiger partial charge in [-0.15, -0.1) is 0 Å². The van der Waals surface area contributed by atoms with E-state index in [2.05, 4.69) is 0 Å². The highest BCUT2D eigenvalue weighted by Gasteiger charge is 2.75. The SMILES string of the molecule is NC1=NC2(CO1)c1cc(C3=C(F)/C=C/C=C/C=C\3)ccc1OC1(CCC1)C21COC1. The van der Waals surface area contributed by atoms with E-state index in [0.29, 0.717) is 25.4 Å². The summed E-state index contributed by atoms with van der Waals surface area (Å²) < 4.78 is 33.0. The first-order valence-corrected chi connectivity index (χ1v) is 10.4. The van der Waals surface area contributed by atoms with E-state index >= 15 is 0 Å². The van der Waals surface area contributed by atoms with Crippen LogP contribution in [0.5, 0.6) is 5.75 Å². The van der Waals surface area contributed by atoms with Crippen molar-refractivity contribution in [2.75, 3.05) is 19.8 Å². The first kappa shape index (κ1) is 18.0. The fourth-order valence-corrected chi connectivity index (χ4v) is 5.58. The van der Waals surface area contributed by atoms with Crippen molar-refractivity contribution >= 4 is 11.6 Å². The fraction of sp³-hybridized carbons (Fsp3) is 0.375. The molecule has 1 unspecified atom stereocenters. The second-order valence-electron chi connectivity index (χ2n) is 8.70. The number of hydrogen-bond donors (Lipinski definition) is 1. The fourth-order valence-electron chi connectivity index (χ4n) is 5.58. The first-order chi connectivity index (χ1) is 14.6. The van der Waals surface area contributed by atoms with Gasteiger partial charge in [0.15, 0.2) is 0 Å². The molecule has 154 valence electrons. The highest BCUT2D eigenvalue weighted by atomic mass is 19.1. The first-order valence-electron chi connectivity index (χ1n) is 10.4. The maximum absolute atomic E-state index is 14.8. The van der Waals surface area contributed by atoms with Crippen molar-refractivity contribution in [3.63, 3.8) is 0 Å². The zero-order valence-electron chi connectivity index (χ0n) is 16.6. The number of nitrogens with two attached hydrogens (primary N) is 1. The van der Waals surface area contributed by atoms with E-state index in [1.165, 1.54) is 6.08 Å². The molecule has 1 saturated heterocycles. The van der Waals surface area contributed by atoms with Gasteiger partial charge in [0.1, 0.15) is 29.3 Å². The molecule has 30 heavy (non-hydrogen) atoms. The Morgan fingerprint density at radius 2 is 1.80 bits per heavy atom. The lowest BCUT2D eigenvalue weighted by Crippen LogP contribution is -2.75. The molecule has 1 aromatic carbocycles. The van der Waals surface area contributed by atoms with Crippen LogP contribution in [-0.2, 0) is 15.0 Å². The normalized spacial score (nSPS) is 35.2. The lowest BCUT2D eigenvalue weighted by molar-refractivity contribution is -0.281. The van der Waals surface area contributed by atoms with Gasteiger partial charge in [0.25, 0.3) is 6.02 Å². The van der Waals surface area contributed by atoms with Gasteiger partial charge in [-0.05, 0) is 43.0 Å². The Bertz CT molecular complexity index is 1080. The van der Waals surface area contributed by atoms with Crippen LogP contribution >= 0.6 is 0 Å². The molecule has 0 radical (unpaired) electrons. The number of benzene rings is 1. The second kappa shape index (κ2) is 6.08. The third kappa shape index (κ3) is 2.12. The molecule has 0 amide bonds. The zero-order chi connectivity index (χ0) is 20.4. The summed E-state index contributed by atoms with van der Waals surface area (Å²) in [5.74, 6) is 0.494. The van der Waals surface area contributed by atoms with Gasteiger partial charge in [-0.2, -0.15) is 0 Å². The van der Waals surface area contributed by atoms with Crippen molar-refractivity contribution in [1.82, 2.24) is 0 Å². The van der Waals surface area contributed by atoms with Crippen molar-refractivity contribution in [3.05, 3.63) is 71.6 Å². The molecule has 6 heteroatoms. The standard InChI is InChI=1S/C24H23FN2O3/c25-19-7-4-2-1-3-6-17(19)16-8-9-20-18(12-16)24(15-29-21(26)27-24)22(13-28-14-22)23(30-20)10-5-11-23/h1-4,6-9,12H,5,10-11,13-15H2,(H2,26,27)/b2-1+,3-1?,4-2?,6-3-,7-4+,17-6?,19-7?,19-17-. The van der Waals surface area contributed by atoms with E-state index in [4.69, 9.17) is 24.9 Å². The van der Waals surface area contributed by atoms with Crippen LogP contribution < -0.4 is 10.5 Å². The molecule has 6 rings (SSSR count). The third-order valence-electron chi connectivity index (χ3n) is 7.39. The lowest BCUT2D eigenvalue weighted by Gasteiger charge is -2.66. The summed E-state index contributed by atoms with van der Waals surface area (Å²) >= 11 is 0. The minimum atomic E-state index is -0.683. The smallest absolute Gasteiger partial charge is 0.283 e. The molecule has 5 nitrogen and oxygen atoms in total. The van der Waals surface area contributed by atoms with Gasteiger partial charge in [-0.3, -0.25) is 0 Å². The predicted octanol–water partition coefficient (Wildman–Crippen LogP) is 3.92. The van der Waals surface area contributed by atoms with Gasteiger partial charge in [0.05, 0.1) is 18.6 Å². The summed E-state index contributed by atoms with van der Waals surface area (Å²) in [5.41, 5.74) is 6.91. The minimum absolute atomic E-state index is 0.193. The van der Waals surface area contributed by atoms with Gasteiger partial charge < -0.3 is 19.9 Å². The van der Waals surface area contributed by atoms with Crippen LogP contribution in [0.2, 0.25) is 0 Å². The van der Waals surface area contributed by atoms with Gasteiger partial charge >= 0.3 is 0 Å². The zero-order valence-corrected chi connectivity index (χ0v) is 16.6. The topological polar surface area (TPSA) is 66.1 Å². The number of allylic oxidation sites excluding steroid dienone is 8. The van der Waals surface area contributed by atoms with Gasteiger partial charge in [0.2, 0.25) is 0 Å². The van der Waals surface area contributed by atoms with Crippen LogP contribution in [0.25, 0.3) is 5.57 Å². The minimum Gasteiger partial charge on any atom is -0.486 e. The van der Waals surface area contributed by atoms with Crippen LogP contribution in [0.3, 0.4) is 0 Å². The van der Waals surface area contributed by atoms with Gasteiger partial charge in [-0.1, -0.05) is 36.4 Å². The molecule has 3 aliphatic heterocycles. The summed E-state index contributed by atoms with van der Waals surface area (Å²) in [6, 6.07) is 6.04. The summed E-state index contributed by atoms with van der Waals surface area (Å²) in [4.78, 5) is 4.87. The van der Waals surface area contributed by atoms with Gasteiger partial charge in [-0.25, -0.2) is 9.38 Å². The van der Waals surface area contributed by atoms with Crippen molar-refractivity contribution < 1.29 is 18.6 Å². The number of nitrogens with zero attached hydrogens (tertiary/aromatic N) is 1. The number of hydrogen-bond acceptors (Lipinski definition) is 5. The molecule has 1 saturated carbocycles. The predicted molar refractivity (Wildman–Crippen MR) is 112 cm³/mol. The number of aliphatic imine (C=N–C) groups is 1. The number of halogens is 1. The van der Waals surface area contributed by atoms with E-state index in [1.54, 1.807) is 18.2 Å². The molecule has 2 fully saturated rings. The van der Waals surface area contributed by atoms with E-state index in [0.717, 1.165) is 36.1 Å². The maximum atomic E-state index is 14.8. The van der Waals surface area contributed by atoms with E-state index in [1.807, 2.05) is 30.4 Å². The number of ether oxygens (including phenoxy) is 3. The van der Waals surface area contributed by atoms with E-state index < -0.39 is 5.54 Å². The number of fused-ring (bicyclic) bond motifs is 4. The van der Waals surface area contributed by atoms with E-state index in [-0.39, 0.29) is 22.9 Å². The Balaban J connectivity index is 1.56. The molecular formula is C24H23FN2O3. The van der Waals surface area contributed by atoms with Crippen LogP contribution in [0.4, 0.5) is 4.39 Å². The summed E-state index contributed by atoms with van der Waals surface area (Å²) in [6.45, 7) is 1.46. The second-order valence-corrected chi connectivity index (χ2v) is 8.70. The summed E-state index contributed by atoms with van der Waals surface area (Å²) in [7, 11) is 0. The van der Waals surface area contributed by atoms with Crippen molar-refractivity contribution in [2.24, 2.45) is 16.1 Å². The summed E-state index contributed by atoms with van der Waals surface area (Å²) in [5, 5.41) is 0. The Hall–Kier alpha value is -2.86. The Labute approximate surface area is 174 Å². The lowest BCUT2D eigenvalue weighted by atomic mass is 9.49. The molecule has 3 heterocycles. The molecule has 3 spiro atoms. The van der Waals surface area contributed by atoms with Crippen molar-refractivity contribution in [3.8, 4) is 5.75 Å². The van der Waals surface area contributed by atoms with Gasteiger partial charge in [0, 0.05) is 11.1 Å². The largest absolute Gasteiger partial charge is 0.486 e. The van der Waals surface area contributed by atoms with Crippen LogP contribution in [0, 0.1) is 5.41 Å². The number of amidine groups is 1. The molecule has 5 aliphatic rings. The Morgan fingerprint density at radius 3 is 2.43 bits per heavy atom. The highest BCUT2D eigenvalue weighted by molar-refractivity contribution is 5.80. The third-order valence-corrected chi connectivity index (χ3v) is 7.39. The molecule has 1 aromatic rings. The average Bonchev–Trinajstić information content (AvgIpc) is 3.04. The van der Waals surface area contributed by atoms with Crippen LogP contribution in [0.15, 0.2) is 65.5 Å². The molecule has 1 atom stereocenters. The number of rotatable bonds is 1. The molecular weight excluding hydrogens is 383 g/mol. The van der Waals surface area contributed by atoms with Crippen molar-refractivity contribution in [1.29, 1.82) is 0 Å². The van der Waals surface area contributed by atoms with Crippen LogP contribution in [0.1, 0.15) is 30.4 Å². The maximum Gasteiger partial charge on any atom is 0.283 e. The molecule has 0 bridgehead atoms. The Kier molecular flexibility index (Phi) is 3.64. The average molecular weight is 406 g/mol. The quantitative estimate of drug-likeness (QED) is 0.768. The van der Waals surface area contributed by atoms with E-state index in [9.17, 15) is 4.39 Å².